The second kappa shape index (κ2) is 13.4. The molecule has 0 spiro atoms. The molecule has 1 heterocycles. The third-order valence-electron chi connectivity index (χ3n) is 11.8. The molecule has 1 aliphatic carbocycles. The van der Waals surface area contributed by atoms with Gasteiger partial charge in [0, 0.05) is 16.6 Å². The molecule has 0 atom stereocenters. The van der Waals surface area contributed by atoms with Gasteiger partial charge in [0.15, 0.2) is 0 Å². The van der Waals surface area contributed by atoms with E-state index in [1.165, 1.54) is 55.6 Å². The second-order valence-corrected chi connectivity index (χ2v) is 14.8. The van der Waals surface area contributed by atoms with Crippen molar-refractivity contribution in [1.29, 1.82) is 0 Å². The molecule has 0 saturated heterocycles. The predicted molar refractivity (Wildman–Crippen MR) is 237 cm³/mol. The van der Waals surface area contributed by atoms with Crippen molar-refractivity contribution in [3.63, 3.8) is 0 Å². The highest BCUT2D eigenvalue weighted by Crippen LogP contribution is 2.60. The quantitative estimate of drug-likeness (QED) is 0.163. The van der Waals surface area contributed by atoms with Crippen LogP contribution in [0, 0.1) is 0 Å². The average molecular weight is 728 g/mol. The number of hydrogen-bond acceptors (Lipinski definition) is 2. The molecule has 10 aromatic rings. The fourth-order valence-corrected chi connectivity index (χ4v) is 9.30. The van der Waals surface area contributed by atoms with Gasteiger partial charge in [0.2, 0.25) is 0 Å². The average Bonchev–Trinajstić information content (AvgIpc) is 3.83. The zero-order valence-electron chi connectivity index (χ0n) is 31.2. The Hall–Kier alpha value is -7.42. The van der Waals surface area contributed by atoms with Crippen molar-refractivity contribution in [3.8, 4) is 33.4 Å². The molecule has 0 saturated carbocycles. The minimum absolute atomic E-state index is 0.514. The number of nitrogens with zero attached hydrogens (tertiary/aromatic N) is 1. The first-order chi connectivity index (χ1) is 28.3. The molecule has 2 nitrogen and oxygen atoms in total. The van der Waals surface area contributed by atoms with Crippen molar-refractivity contribution in [2.24, 2.45) is 0 Å². The monoisotopic (exact) mass is 727 g/mol. The molecule has 0 bridgehead atoms. The van der Waals surface area contributed by atoms with Crippen LogP contribution in [0.4, 0.5) is 17.1 Å². The summed E-state index contributed by atoms with van der Waals surface area (Å²) < 4.78 is 6.50. The number of hydrogen-bond donors (Lipinski definition) is 0. The van der Waals surface area contributed by atoms with Crippen molar-refractivity contribution in [2.75, 3.05) is 4.90 Å². The zero-order chi connectivity index (χ0) is 37.8. The van der Waals surface area contributed by atoms with Gasteiger partial charge in [-0.1, -0.05) is 188 Å². The summed E-state index contributed by atoms with van der Waals surface area (Å²) in [5.41, 5.74) is 16.8. The van der Waals surface area contributed by atoms with E-state index in [4.69, 9.17) is 4.42 Å². The summed E-state index contributed by atoms with van der Waals surface area (Å²) in [5.74, 6) is 0. The van der Waals surface area contributed by atoms with Crippen LogP contribution >= 0.6 is 0 Å². The van der Waals surface area contributed by atoms with Gasteiger partial charge in [-0.3, -0.25) is 0 Å². The largest absolute Gasteiger partial charge is 0.456 e. The van der Waals surface area contributed by atoms with E-state index in [0.717, 1.165) is 39.0 Å². The van der Waals surface area contributed by atoms with E-state index in [9.17, 15) is 0 Å². The van der Waals surface area contributed by atoms with Crippen LogP contribution in [-0.4, -0.2) is 0 Å². The summed E-state index contributed by atoms with van der Waals surface area (Å²) in [6.45, 7) is 0. The zero-order valence-corrected chi connectivity index (χ0v) is 31.2. The number of fused-ring (bicyclic) bond motifs is 6. The van der Waals surface area contributed by atoms with E-state index in [-0.39, 0.29) is 0 Å². The Kier molecular flexibility index (Phi) is 7.75. The van der Waals surface area contributed by atoms with E-state index in [1.54, 1.807) is 0 Å². The van der Waals surface area contributed by atoms with Gasteiger partial charge in [-0.15, -0.1) is 0 Å². The fraction of sp³-hybridized carbons (Fsp3) is 0.0182. The summed E-state index contributed by atoms with van der Waals surface area (Å²) in [5, 5.41) is 2.19. The molecule has 11 rings (SSSR count). The summed E-state index contributed by atoms with van der Waals surface area (Å²) >= 11 is 0. The van der Waals surface area contributed by atoms with E-state index in [2.05, 4.69) is 223 Å². The Bertz CT molecular complexity index is 3000. The molecule has 1 aliphatic rings. The molecule has 2 heteroatoms. The molecule has 0 aliphatic heterocycles. The third kappa shape index (κ3) is 5.18. The van der Waals surface area contributed by atoms with Gasteiger partial charge in [-0.2, -0.15) is 0 Å². The normalized spacial score (nSPS) is 12.7. The molecular weight excluding hydrogens is 691 g/mol. The summed E-state index contributed by atoms with van der Waals surface area (Å²) in [6.07, 6.45) is 0. The fourth-order valence-electron chi connectivity index (χ4n) is 9.30. The van der Waals surface area contributed by atoms with Crippen LogP contribution in [0.15, 0.2) is 229 Å². The predicted octanol–water partition coefficient (Wildman–Crippen LogP) is 14.8. The van der Waals surface area contributed by atoms with Gasteiger partial charge in [0.25, 0.3) is 0 Å². The smallest absolute Gasteiger partial charge is 0.137 e. The van der Waals surface area contributed by atoms with Gasteiger partial charge < -0.3 is 9.32 Å². The summed E-state index contributed by atoms with van der Waals surface area (Å²) in [6, 6.07) is 81.2. The number of benzene rings is 9. The van der Waals surface area contributed by atoms with Gasteiger partial charge >= 0.3 is 0 Å². The van der Waals surface area contributed by atoms with Crippen LogP contribution < -0.4 is 4.90 Å². The van der Waals surface area contributed by atoms with E-state index in [0.29, 0.717) is 0 Å². The van der Waals surface area contributed by atoms with Crippen LogP contribution in [0.25, 0.3) is 55.3 Å². The Morgan fingerprint density at radius 1 is 0.351 bits per heavy atom. The van der Waals surface area contributed by atoms with Crippen molar-refractivity contribution in [2.45, 2.75) is 5.41 Å². The van der Waals surface area contributed by atoms with Crippen molar-refractivity contribution in [3.05, 3.63) is 247 Å². The Morgan fingerprint density at radius 3 is 1.53 bits per heavy atom. The number of para-hydroxylation sites is 1. The minimum Gasteiger partial charge on any atom is -0.456 e. The van der Waals surface area contributed by atoms with Crippen molar-refractivity contribution >= 4 is 39.0 Å². The maximum Gasteiger partial charge on any atom is 0.137 e. The lowest BCUT2D eigenvalue weighted by Crippen LogP contribution is -2.28. The first kappa shape index (κ1) is 33.0. The molecule has 0 fully saturated rings. The standard InChI is InChI=1S/C55H37NO/c1-4-16-38(17-5-1)39-30-32-40(33-31-39)41-34-36-44(37-35-41)56(50-27-15-29-52-54(50)46-23-11-13-28-51(46)57-52)49-26-14-25-48-53(49)45-22-10-12-24-47(45)55(48,42-18-6-2-7-19-42)43-20-8-3-9-21-43/h1-37H. The van der Waals surface area contributed by atoms with E-state index in [1.807, 2.05) is 6.07 Å². The van der Waals surface area contributed by atoms with Crippen molar-refractivity contribution in [1.82, 2.24) is 0 Å². The van der Waals surface area contributed by atoms with E-state index < -0.39 is 5.41 Å². The van der Waals surface area contributed by atoms with Gasteiger partial charge in [-0.25, -0.2) is 0 Å². The Morgan fingerprint density at radius 2 is 0.842 bits per heavy atom. The van der Waals surface area contributed by atoms with Crippen LogP contribution in [0.3, 0.4) is 0 Å². The molecular formula is C55H37NO. The van der Waals surface area contributed by atoms with Crippen LogP contribution in [0.1, 0.15) is 22.3 Å². The molecule has 268 valence electrons. The lowest BCUT2D eigenvalue weighted by Gasteiger charge is -2.34. The Labute approximate surface area is 332 Å². The molecule has 0 radical (unpaired) electrons. The maximum absolute atomic E-state index is 6.50. The summed E-state index contributed by atoms with van der Waals surface area (Å²) in [4.78, 5) is 2.45. The maximum atomic E-state index is 6.50. The first-order valence-corrected chi connectivity index (χ1v) is 19.6. The summed E-state index contributed by atoms with van der Waals surface area (Å²) in [7, 11) is 0. The molecule has 0 unspecified atom stereocenters. The number of rotatable bonds is 7. The highest BCUT2D eigenvalue weighted by molar-refractivity contribution is 6.14. The van der Waals surface area contributed by atoms with Gasteiger partial charge in [0.05, 0.1) is 22.2 Å². The topological polar surface area (TPSA) is 16.4 Å². The number of furan rings is 1. The van der Waals surface area contributed by atoms with Crippen LogP contribution in [0.5, 0.6) is 0 Å². The van der Waals surface area contributed by atoms with Gasteiger partial charge in [-0.05, 0) is 86.5 Å². The third-order valence-corrected chi connectivity index (χ3v) is 11.8. The first-order valence-electron chi connectivity index (χ1n) is 19.6. The Balaban J connectivity index is 1.15. The minimum atomic E-state index is -0.514. The lowest BCUT2D eigenvalue weighted by atomic mass is 9.68. The highest BCUT2D eigenvalue weighted by Gasteiger charge is 2.47. The van der Waals surface area contributed by atoms with Gasteiger partial charge in [0.1, 0.15) is 11.2 Å². The lowest BCUT2D eigenvalue weighted by molar-refractivity contribution is 0.669. The molecule has 57 heavy (non-hydrogen) atoms. The van der Waals surface area contributed by atoms with Crippen LogP contribution in [0.2, 0.25) is 0 Å². The molecule has 1 aromatic heterocycles. The van der Waals surface area contributed by atoms with E-state index >= 15 is 0 Å². The molecule has 0 amide bonds. The molecule has 0 N–H and O–H groups in total. The van der Waals surface area contributed by atoms with Crippen LogP contribution in [-0.2, 0) is 5.41 Å². The SMILES string of the molecule is c1ccc(-c2ccc(-c3ccc(N(c4cccc5c4-c4ccccc4C5(c4ccccc4)c4ccccc4)c4cccc5oc6ccccc6c45)cc3)cc2)cc1. The second-order valence-electron chi connectivity index (χ2n) is 14.8. The van der Waals surface area contributed by atoms with Crippen molar-refractivity contribution < 1.29 is 4.42 Å². The highest BCUT2D eigenvalue weighted by atomic mass is 16.3. The molecule has 9 aromatic carbocycles. The number of anilines is 3.